The molecule has 0 atom stereocenters. The van der Waals surface area contributed by atoms with E-state index < -0.39 is 5.82 Å². The van der Waals surface area contributed by atoms with Gasteiger partial charge in [-0.25, -0.2) is 8.78 Å². The lowest BCUT2D eigenvalue weighted by atomic mass is 10.0. The molecular weight excluding hydrogens is 360 g/mol. The van der Waals surface area contributed by atoms with Crippen molar-refractivity contribution in [3.05, 3.63) is 95.1 Å². The number of hydrogen-bond donors (Lipinski definition) is 0. The van der Waals surface area contributed by atoms with Crippen LogP contribution in [0.5, 0.6) is 11.5 Å². The van der Waals surface area contributed by atoms with Gasteiger partial charge in [0.05, 0.1) is 18.8 Å². The zero-order valence-electron chi connectivity index (χ0n) is 15.2. The van der Waals surface area contributed by atoms with Gasteiger partial charge in [-0.1, -0.05) is 30.3 Å². The number of ether oxygens (including phenoxy) is 2. The maximum Gasteiger partial charge on any atom is 0.161 e. The van der Waals surface area contributed by atoms with E-state index >= 15 is 0 Å². The minimum Gasteiger partial charge on any atom is -0.493 e. The normalized spacial score (nSPS) is 11.0. The number of halogens is 2. The Morgan fingerprint density at radius 2 is 1.75 bits per heavy atom. The molecule has 3 aromatic rings. The fraction of sp³-hybridized carbons (Fsp3) is 0.0870. The van der Waals surface area contributed by atoms with E-state index in [0.717, 1.165) is 5.56 Å². The minimum absolute atomic E-state index is 0.262. The molecule has 0 aliphatic rings. The third-order valence-electron chi connectivity index (χ3n) is 4.06. The van der Waals surface area contributed by atoms with Gasteiger partial charge >= 0.3 is 0 Å². The van der Waals surface area contributed by atoms with Gasteiger partial charge in [-0.05, 0) is 59.2 Å². The van der Waals surface area contributed by atoms with E-state index in [0.29, 0.717) is 28.2 Å². The Morgan fingerprint density at radius 1 is 0.964 bits per heavy atom. The lowest BCUT2D eigenvalue weighted by molar-refractivity contribution is 0.284. The second-order valence-corrected chi connectivity index (χ2v) is 6.01. The van der Waals surface area contributed by atoms with Crippen molar-refractivity contribution in [3.63, 3.8) is 0 Å². The standard InChI is InChI=1S/C23H17F2NO2/c1-27-23-12-17(11-19(14-26)18-3-2-4-21(25)13-18)7-10-22(23)28-15-16-5-8-20(24)9-6-16/h2-13H,15H2,1H3/b19-11-. The van der Waals surface area contributed by atoms with Gasteiger partial charge in [0, 0.05) is 0 Å². The number of nitriles is 1. The zero-order valence-corrected chi connectivity index (χ0v) is 15.2. The Labute approximate surface area is 162 Å². The molecule has 0 fully saturated rings. The highest BCUT2D eigenvalue weighted by atomic mass is 19.1. The van der Waals surface area contributed by atoms with Crippen molar-refractivity contribution in [3.8, 4) is 17.6 Å². The van der Waals surface area contributed by atoms with E-state index in [1.54, 1.807) is 48.5 Å². The number of nitrogens with zero attached hydrogens (tertiary/aromatic N) is 1. The van der Waals surface area contributed by atoms with Crippen LogP contribution < -0.4 is 9.47 Å². The summed E-state index contributed by atoms with van der Waals surface area (Å²) in [6.45, 7) is 0.262. The molecule has 3 rings (SSSR count). The molecule has 5 heteroatoms. The van der Waals surface area contributed by atoms with Gasteiger partial charge in [0.25, 0.3) is 0 Å². The van der Waals surface area contributed by atoms with Gasteiger partial charge in [-0.3, -0.25) is 0 Å². The van der Waals surface area contributed by atoms with Crippen LogP contribution in [0.25, 0.3) is 11.6 Å². The molecule has 0 saturated carbocycles. The zero-order chi connectivity index (χ0) is 19.9. The average Bonchev–Trinajstić information content (AvgIpc) is 2.72. The summed E-state index contributed by atoms with van der Waals surface area (Å²) in [5.74, 6) is 0.311. The van der Waals surface area contributed by atoms with Crippen molar-refractivity contribution in [1.29, 1.82) is 5.26 Å². The second kappa shape index (κ2) is 8.83. The molecule has 0 aliphatic carbocycles. The van der Waals surface area contributed by atoms with Crippen LogP contribution in [0.4, 0.5) is 8.78 Å². The molecule has 0 spiro atoms. The molecule has 0 saturated heterocycles. The summed E-state index contributed by atoms with van der Waals surface area (Å²) in [5.41, 5.74) is 2.37. The summed E-state index contributed by atoms with van der Waals surface area (Å²) in [4.78, 5) is 0. The first-order valence-corrected chi connectivity index (χ1v) is 8.52. The lowest BCUT2D eigenvalue weighted by Crippen LogP contribution is -1.98. The van der Waals surface area contributed by atoms with Crippen LogP contribution in [-0.4, -0.2) is 7.11 Å². The molecule has 0 amide bonds. The molecule has 0 radical (unpaired) electrons. The molecular formula is C23H17F2NO2. The third kappa shape index (κ3) is 4.74. The van der Waals surface area contributed by atoms with Crippen LogP contribution in [0.1, 0.15) is 16.7 Å². The first-order valence-electron chi connectivity index (χ1n) is 8.52. The number of methoxy groups -OCH3 is 1. The van der Waals surface area contributed by atoms with E-state index in [4.69, 9.17) is 9.47 Å². The van der Waals surface area contributed by atoms with Crippen LogP contribution in [0.3, 0.4) is 0 Å². The number of allylic oxidation sites excluding steroid dienone is 1. The van der Waals surface area contributed by atoms with Crippen LogP contribution in [-0.2, 0) is 6.61 Å². The van der Waals surface area contributed by atoms with Gasteiger partial charge in [-0.2, -0.15) is 5.26 Å². The highest BCUT2D eigenvalue weighted by molar-refractivity contribution is 5.89. The molecule has 0 unspecified atom stereocenters. The number of hydrogen-bond acceptors (Lipinski definition) is 3. The van der Waals surface area contributed by atoms with Gasteiger partial charge in [-0.15, -0.1) is 0 Å². The molecule has 0 aliphatic heterocycles. The maximum atomic E-state index is 13.4. The highest BCUT2D eigenvalue weighted by Gasteiger charge is 2.08. The van der Waals surface area contributed by atoms with Gasteiger partial charge in [0.1, 0.15) is 18.2 Å². The van der Waals surface area contributed by atoms with Gasteiger partial charge in [0.15, 0.2) is 11.5 Å². The number of benzene rings is 3. The first kappa shape index (κ1) is 19.1. The second-order valence-electron chi connectivity index (χ2n) is 6.01. The molecule has 28 heavy (non-hydrogen) atoms. The molecule has 0 N–H and O–H groups in total. The Bertz CT molecular complexity index is 1040. The minimum atomic E-state index is -0.402. The molecule has 0 bridgehead atoms. The fourth-order valence-electron chi connectivity index (χ4n) is 2.64. The third-order valence-corrected chi connectivity index (χ3v) is 4.06. The molecule has 0 heterocycles. The number of rotatable bonds is 6. The largest absolute Gasteiger partial charge is 0.493 e. The van der Waals surface area contributed by atoms with Crippen molar-refractivity contribution >= 4 is 11.6 Å². The molecule has 140 valence electrons. The van der Waals surface area contributed by atoms with Crippen molar-refractivity contribution < 1.29 is 18.3 Å². The fourth-order valence-corrected chi connectivity index (χ4v) is 2.64. The molecule has 0 aromatic heterocycles. The first-order chi connectivity index (χ1) is 13.6. The SMILES string of the molecule is COc1cc(/C=C(/C#N)c2cccc(F)c2)ccc1OCc1ccc(F)cc1. The van der Waals surface area contributed by atoms with E-state index in [1.165, 1.54) is 31.4 Å². The Balaban J connectivity index is 1.82. The predicted octanol–water partition coefficient (Wildman–Crippen LogP) is 5.62. The van der Waals surface area contributed by atoms with Gasteiger partial charge in [0.2, 0.25) is 0 Å². The monoisotopic (exact) mass is 377 g/mol. The van der Waals surface area contributed by atoms with Crippen LogP contribution in [0.15, 0.2) is 66.7 Å². The van der Waals surface area contributed by atoms with Crippen molar-refractivity contribution in [2.45, 2.75) is 6.61 Å². The Kier molecular flexibility index (Phi) is 6.03. The topological polar surface area (TPSA) is 42.2 Å². The highest BCUT2D eigenvalue weighted by Crippen LogP contribution is 2.30. The van der Waals surface area contributed by atoms with Crippen LogP contribution in [0, 0.1) is 23.0 Å². The molecule has 3 aromatic carbocycles. The molecule has 3 nitrogen and oxygen atoms in total. The lowest BCUT2D eigenvalue weighted by Gasteiger charge is -2.12. The average molecular weight is 377 g/mol. The van der Waals surface area contributed by atoms with Crippen LogP contribution in [0.2, 0.25) is 0 Å². The smallest absolute Gasteiger partial charge is 0.161 e. The summed E-state index contributed by atoms with van der Waals surface area (Å²) in [7, 11) is 1.52. The summed E-state index contributed by atoms with van der Waals surface area (Å²) >= 11 is 0. The van der Waals surface area contributed by atoms with E-state index in [1.807, 2.05) is 0 Å². The quantitative estimate of drug-likeness (QED) is 0.414. The van der Waals surface area contributed by atoms with Crippen molar-refractivity contribution in [2.24, 2.45) is 0 Å². The van der Waals surface area contributed by atoms with Gasteiger partial charge < -0.3 is 9.47 Å². The maximum absolute atomic E-state index is 13.4. The van der Waals surface area contributed by atoms with E-state index in [2.05, 4.69) is 6.07 Å². The predicted molar refractivity (Wildman–Crippen MR) is 104 cm³/mol. The van der Waals surface area contributed by atoms with E-state index in [9.17, 15) is 14.0 Å². The Morgan fingerprint density at radius 3 is 2.43 bits per heavy atom. The van der Waals surface area contributed by atoms with Crippen LogP contribution >= 0.6 is 0 Å². The summed E-state index contributed by atoms with van der Waals surface area (Å²) in [6, 6.07) is 19.3. The van der Waals surface area contributed by atoms with Crippen molar-refractivity contribution in [1.82, 2.24) is 0 Å². The van der Waals surface area contributed by atoms with E-state index in [-0.39, 0.29) is 12.4 Å². The summed E-state index contributed by atoms with van der Waals surface area (Å²) < 4.78 is 37.5. The summed E-state index contributed by atoms with van der Waals surface area (Å²) in [5, 5.41) is 9.42. The summed E-state index contributed by atoms with van der Waals surface area (Å²) in [6.07, 6.45) is 1.65. The Hall–Kier alpha value is -3.65. The van der Waals surface area contributed by atoms with Crippen molar-refractivity contribution in [2.75, 3.05) is 7.11 Å².